The van der Waals surface area contributed by atoms with Gasteiger partial charge in [-0.15, -0.1) is 0 Å². The zero-order valence-corrected chi connectivity index (χ0v) is 51.0. The molecule has 0 aromatic heterocycles. The van der Waals surface area contributed by atoms with Gasteiger partial charge >= 0.3 is 0 Å². The van der Waals surface area contributed by atoms with E-state index >= 15 is 0 Å². The van der Waals surface area contributed by atoms with Crippen LogP contribution in [0.5, 0.6) is 11.5 Å². The van der Waals surface area contributed by atoms with Crippen molar-refractivity contribution >= 4 is 38.6 Å². The zero-order valence-electron chi connectivity index (χ0n) is 51.0. The number of ether oxygens (including phenoxy) is 1. The average molecular weight is 1130 g/mol. The molecule has 2 heteroatoms. The molecular weight excluding hydrogens is 1060 g/mol. The minimum Gasteiger partial charge on any atom is -0.453 e. The van der Waals surface area contributed by atoms with E-state index in [1.54, 1.807) is 0 Å². The van der Waals surface area contributed by atoms with Gasteiger partial charge < -0.3 is 9.64 Å². The van der Waals surface area contributed by atoms with Gasteiger partial charge in [0.05, 0.1) is 17.1 Å². The smallest absolute Gasteiger partial charge is 0.151 e. The van der Waals surface area contributed by atoms with Gasteiger partial charge in [-0.2, -0.15) is 0 Å². The molecule has 0 radical (unpaired) electrons. The summed E-state index contributed by atoms with van der Waals surface area (Å²) >= 11 is 0. The van der Waals surface area contributed by atoms with Gasteiger partial charge in [0, 0.05) is 32.8 Å². The molecular formula is C86H65NO. The maximum atomic E-state index is 7.29. The Kier molecular flexibility index (Phi) is 10.4. The number of benzene rings is 13. The summed E-state index contributed by atoms with van der Waals surface area (Å²) in [6, 6.07) is 94.1. The molecule has 0 amide bonds. The van der Waals surface area contributed by atoms with Gasteiger partial charge in [-0.25, -0.2) is 0 Å². The van der Waals surface area contributed by atoms with Crippen molar-refractivity contribution in [3.05, 3.63) is 293 Å². The van der Waals surface area contributed by atoms with Crippen LogP contribution < -0.4 is 9.64 Å². The van der Waals surface area contributed by atoms with Crippen molar-refractivity contribution in [2.75, 3.05) is 4.90 Å². The molecule has 0 bridgehead atoms. The van der Waals surface area contributed by atoms with Gasteiger partial charge in [-0.1, -0.05) is 243 Å². The largest absolute Gasteiger partial charge is 0.453 e. The minimum absolute atomic E-state index is 0.107. The van der Waals surface area contributed by atoms with E-state index in [2.05, 4.69) is 309 Å². The number of nitrogens with zero attached hydrogens (tertiary/aromatic N) is 1. The number of anilines is 3. The standard InChI is InChI=1S/C86H65NO/c1-83(2)68-36-21-19-30-58(68)64-46-72-66(48-70(64)83)80-60-32-17-15-28-56(60)62(44-74(80)85(72,5)6)52-38-40-78-76(42-52)87(82-54(50-24-11-9-12-25-50)34-23-35-55(82)51-26-13-10-14-27-51)77-43-53(39-41-79(77)88-78)63-45-75-81(61-33-18-16-29-57(61)63)67-49-71-65(47-73(67)86(75,7)8)59-31-20-22-37-69(59)84(71,3)4/h9-49H,1-8H3. The third-order valence-electron chi connectivity index (χ3n) is 21.4. The molecule has 0 N–H and O–H groups in total. The number of fused-ring (bicyclic) bond motifs is 18. The molecule has 5 aliphatic rings. The molecule has 1 heterocycles. The van der Waals surface area contributed by atoms with E-state index in [1.165, 1.54) is 122 Å². The van der Waals surface area contributed by atoms with Crippen LogP contribution in [0.4, 0.5) is 17.1 Å². The van der Waals surface area contributed by atoms with Crippen LogP contribution in [0, 0.1) is 0 Å². The van der Waals surface area contributed by atoms with E-state index in [-0.39, 0.29) is 21.7 Å². The van der Waals surface area contributed by atoms with Crippen molar-refractivity contribution in [2.45, 2.75) is 77.0 Å². The summed E-state index contributed by atoms with van der Waals surface area (Å²) in [5, 5.41) is 5.03. The number of hydrogen-bond acceptors (Lipinski definition) is 2. The lowest BCUT2D eigenvalue weighted by Gasteiger charge is -2.36. The predicted molar refractivity (Wildman–Crippen MR) is 368 cm³/mol. The fourth-order valence-corrected chi connectivity index (χ4v) is 16.9. The molecule has 0 atom stereocenters. The zero-order chi connectivity index (χ0) is 59.3. The molecule has 2 nitrogen and oxygen atoms in total. The highest BCUT2D eigenvalue weighted by Crippen LogP contribution is 2.63. The van der Waals surface area contributed by atoms with E-state index < -0.39 is 0 Å². The Labute approximate surface area is 516 Å². The highest BCUT2D eigenvalue weighted by Gasteiger charge is 2.45. The van der Waals surface area contributed by atoms with Crippen LogP contribution in [0.25, 0.3) is 111 Å². The van der Waals surface area contributed by atoms with Gasteiger partial charge in [-0.05, 0) is 205 Å². The Bertz CT molecular complexity index is 4910. The second-order valence-corrected chi connectivity index (χ2v) is 27.5. The van der Waals surface area contributed by atoms with Crippen LogP contribution in [-0.2, 0) is 21.7 Å². The fraction of sp³-hybridized carbons (Fsp3) is 0.140. The summed E-state index contributed by atoms with van der Waals surface area (Å²) in [5.74, 6) is 1.61. The molecule has 0 spiro atoms. The van der Waals surface area contributed by atoms with E-state index in [1.807, 2.05) is 0 Å². The first kappa shape index (κ1) is 51.2. The van der Waals surface area contributed by atoms with Crippen LogP contribution in [0.2, 0.25) is 0 Å². The first-order valence-electron chi connectivity index (χ1n) is 31.4. The normalized spacial score (nSPS) is 15.7. The lowest BCUT2D eigenvalue weighted by molar-refractivity contribution is 0.477. The van der Waals surface area contributed by atoms with Crippen molar-refractivity contribution in [1.29, 1.82) is 0 Å². The first-order chi connectivity index (χ1) is 42.7. The van der Waals surface area contributed by atoms with Crippen LogP contribution in [0.1, 0.15) is 99.9 Å². The van der Waals surface area contributed by atoms with Crippen molar-refractivity contribution < 1.29 is 4.74 Å². The van der Waals surface area contributed by atoms with E-state index in [9.17, 15) is 0 Å². The van der Waals surface area contributed by atoms with E-state index in [0.717, 1.165) is 61.9 Å². The van der Waals surface area contributed by atoms with Gasteiger partial charge in [0.15, 0.2) is 11.5 Å². The molecule has 4 aliphatic carbocycles. The Morgan fingerprint density at radius 2 is 0.580 bits per heavy atom. The van der Waals surface area contributed by atoms with Crippen LogP contribution >= 0.6 is 0 Å². The molecule has 0 saturated heterocycles. The summed E-state index contributed by atoms with van der Waals surface area (Å²) in [7, 11) is 0. The molecule has 18 rings (SSSR count). The topological polar surface area (TPSA) is 12.5 Å². The molecule has 13 aromatic carbocycles. The molecule has 88 heavy (non-hydrogen) atoms. The molecule has 0 saturated carbocycles. The summed E-state index contributed by atoms with van der Waals surface area (Å²) in [5.41, 5.74) is 33.6. The Balaban J connectivity index is 0.852. The molecule has 0 unspecified atom stereocenters. The Hall–Kier alpha value is -10.0. The lowest BCUT2D eigenvalue weighted by atomic mass is 9.79. The van der Waals surface area contributed by atoms with Gasteiger partial charge in [0.1, 0.15) is 0 Å². The van der Waals surface area contributed by atoms with E-state index in [4.69, 9.17) is 4.74 Å². The monoisotopic (exact) mass is 1130 g/mol. The van der Waals surface area contributed by atoms with Gasteiger partial charge in [0.25, 0.3) is 0 Å². The number of para-hydroxylation sites is 1. The third-order valence-corrected chi connectivity index (χ3v) is 21.4. The lowest BCUT2D eigenvalue weighted by Crippen LogP contribution is -2.18. The van der Waals surface area contributed by atoms with Crippen molar-refractivity contribution in [1.82, 2.24) is 0 Å². The molecule has 420 valence electrons. The molecule has 0 fully saturated rings. The number of rotatable bonds is 5. The molecule has 1 aliphatic heterocycles. The number of hydrogen-bond donors (Lipinski definition) is 0. The van der Waals surface area contributed by atoms with Gasteiger partial charge in [0.2, 0.25) is 0 Å². The van der Waals surface area contributed by atoms with Crippen molar-refractivity contribution in [3.63, 3.8) is 0 Å². The first-order valence-corrected chi connectivity index (χ1v) is 31.4. The maximum Gasteiger partial charge on any atom is 0.151 e. The predicted octanol–water partition coefficient (Wildman–Crippen LogP) is 23.5. The fourth-order valence-electron chi connectivity index (χ4n) is 16.9. The minimum atomic E-state index is -0.263. The summed E-state index contributed by atoms with van der Waals surface area (Å²) in [4.78, 5) is 2.54. The second kappa shape index (κ2) is 17.8. The maximum absolute atomic E-state index is 7.29. The second-order valence-electron chi connectivity index (χ2n) is 27.5. The van der Waals surface area contributed by atoms with Crippen LogP contribution in [0.3, 0.4) is 0 Å². The highest BCUT2D eigenvalue weighted by molar-refractivity contribution is 6.13. The van der Waals surface area contributed by atoms with Crippen molar-refractivity contribution in [3.8, 4) is 101 Å². The third kappa shape index (κ3) is 6.84. The van der Waals surface area contributed by atoms with Gasteiger partial charge in [-0.3, -0.25) is 0 Å². The molecule has 13 aromatic rings. The van der Waals surface area contributed by atoms with Crippen LogP contribution in [-0.4, -0.2) is 0 Å². The average Bonchev–Trinajstić information content (AvgIpc) is 1.53. The Morgan fingerprint density at radius 1 is 0.239 bits per heavy atom. The quantitative estimate of drug-likeness (QED) is 0.170. The van der Waals surface area contributed by atoms with E-state index in [0.29, 0.717) is 0 Å². The van der Waals surface area contributed by atoms with Crippen molar-refractivity contribution in [2.24, 2.45) is 0 Å². The van der Waals surface area contributed by atoms with Crippen LogP contribution in [0.15, 0.2) is 249 Å². The highest BCUT2D eigenvalue weighted by atomic mass is 16.5. The summed E-state index contributed by atoms with van der Waals surface area (Å²) in [6.07, 6.45) is 0. The Morgan fingerprint density at radius 3 is 1.02 bits per heavy atom. The summed E-state index contributed by atoms with van der Waals surface area (Å²) < 4.78 is 7.29. The summed E-state index contributed by atoms with van der Waals surface area (Å²) in [6.45, 7) is 19.3. The SMILES string of the molecule is CC1(C)c2ccccc2-c2cc3c(cc21)-c1c(cc(-c2ccc4c(c2)N(c2c(-c5ccccc5)cccc2-c2ccccc2)c2cc(-c5cc6c(c7ccccc57)-c5cc7c(cc5C6(C)C)-c5ccccc5C7(C)C)ccc2O4)c2ccccc12)C3(C)C.